The van der Waals surface area contributed by atoms with E-state index in [9.17, 15) is 14.4 Å². The number of anilines is 1. The molecule has 2 heterocycles. The molecule has 0 saturated heterocycles. The van der Waals surface area contributed by atoms with Crippen LogP contribution in [0.15, 0.2) is 59.4 Å². The third kappa shape index (κ3) is 3.86. The molecule has 1 aliphatic rings. The Bertz CT molecular complexity index is 1150. The fourth-order valence-electron chi connectivity index (χ4n) is 2.96. The van der Waals surface area contributed by atoms with Crippen LogP contribution in [0, 0.1) is 0 Å². The summed E-state index contributed by atoms with van der Waals surface area (Å²) < 4.78 is 11.8. The zero-order chi connectivity index (χ0) is 20.4. The molecule has 0 spiro atoms. The number of nitrogens with zero attached hydrogens (tertiary/aromatic N) is 2. The second-order valence-corrected chi connectivity index (χ2v) is 6.46. The fraction of sp³-hybridized carbons (Fsp3) is 0.143. The number of carbonyl (C=O) groups excluding carboxylic acids is 2. The van der Waals surface area contributed by atoms with E-state index in [1.165, 1.54) is 35.9 Å². The van der Waals surface area contributed by atoms with Gasteiger partial charge in [0.05, 0.1) is 12.2 Å². The first-order valence-corrected chi connectivity index (χ1v) is 8.89. The van der Waals surface area contributed by atoms with Crippen LogP contribution in [0.3, 0.4) is 0 Å². The highest BCUT2D eigenvalue weighted by Gasteiger charge is 2.21. The minimum absolute atomic E-state index is 0.0488. The van der Waals surface area contributed by atoms with Crippen molar-refractivity contribution in [3.63, 3.8) is 0 Å². The van der Waals surface area contributed by atoms with Crippen molar-refractivity contribution in [3.8, 4) is 11.5 Å². The van der Waals surface area contributed by atoms with Gasteiger partial charge in [0.15, 0.2) is 17.3 Å². The molecule has 0 atom stereocenters. The van der Waals surface area contributed by atoms with Crippen LogP contribution in [0.25, 0.3) is 0 Å². The first-order chi connectivity index (χ1) is 14.0. The number of rotatable bonds is 5. The number of amides is 1. The maximum Gasteiger partial charge on any atom is 0.276 e. The van der Waals surface area contributed by atoms with Crippen molar-refractivity contribution in [1.82, 2.24) is 9.78 Å². The number of carbonyl (C=O) groups is 2. The van der Waals surface area contributed by atoms with Crippen molar-refractivity contribution in [2.45, 2.75) is 13.5 Å². The molecule has 0 saturated carbocycles. The average molecular weight is 391 g/mol. The highest BCUT2D eigenvalue weighted by molar-refractivity contribution is 6.08. The van der Waals surface area contributed by atoms with Gasteiger partial charge in [-0.2, -0.15) is 5.10 Å². The summed E-state index contributed by atoms with van der Waals surface area (Å²) >= 11 is 0. The Balaban J connectivity index is 1.62. The molecule has 146 valence electrons. The van der Waals surface area contributed by atoms with E-state index in [1.807, 2.05) is 30.3 Å². The lowest BCUT2D eigenvalue weighted by molar-refractivity contribution is 0.101. The van der Waals surface area contributed by atoms with Crippen molar-refractivity contribution in [3.05, 3.63) is 81.8 Å². The number of benzene rings is 2. The molecule has 8 nitrogen and oxygen atoms in total. The lowest BCUT2D eigenvalue weighted by Crippen LogP contribution is -2.26. The molecular weight excluding hydrogens is 374 g/mol. The second-order valence-electron chi connectivity index (χ2n) is 6.46. The van der Waals surface area contributed by atoms with Crippen LogP contribution in [-0.4, -0.2) is 28.3 Å². The number of ether oxygens (including phenoxy) is 2. The molecule has 0 radical (unpaired) electrons. The lowest BCUT2D eigenvalue weighted by Gasteiger charge is -2.11. The van der Waals surface area contributed by atoms with Crippen molar-refractivity contribution in [2.24, 2.45) is 0 Å². The number of aromatic nitrogens is 2. The van der Waals surface area contributed by atoms with Gasteiger partial charge in [-0.25, -0.2) is 4.68 Å². The molecule has 1 amide bonds. The number of nitrogens with one attached hydrogen (secondary N) is 1. The molecule has 0 aliphatic carbocycles. The predicted octanol–water partition coefficient (Wildman–Crippen LogP) is 2.48. The van der Waals surface area contributed by atoms with Crippen molar-refractivity contribution >= 4 is 17.4 Å². The van der Waals surface area contributed by atoms with Crippen LogP contribution in [0.2, 0.25) is 0 Å². The van der Waals surface area contributed by atoms with E-state index in [0.29, 0.717) is 17.1 Å². The summed E-state index contributed by atoms with van der Waals surface area (Å²) in [6.07, 6.45) is 0. The smallest absolute Gasteiger partial charge is 0.276 e. The Kier molecular flexibility index (Phi) is 4.82. The van der Waals surface area contributed by atoms with E-state index in [0.717, 1.165) is 5.56 Å². The third-order valence-corrected chi connectivity index (χ3v) is 4.41. The van der Waals surface area contributed by atoms with Crippen LogP contribution in [0.5, 0.6) is 11.5 Å². The quantitative estimate of drug-likeness (QED) is 0.671. The van der Waals surface area contributed by atoms with Crippen LogP contribution in [-0.2, 0) is 6.54 Å². The van der Waals surface area contributed by atoms with Crippen molar-refractivity contribution < 1.29 is 19.1 Å². The molecule has 4 rings (SSSR count). The van der Waals surface area contributed by atoms with Crippen LogP contribution >= 0.6 is 0 Å². The monoisotopic (exact) mass is 391 g/mol. The molecule has 0 bridgehead atoms. The van der Waals surface area contributed by atoms with Gasteiger partial charge in [-0.05, 0) is 24.6 Å². The van der Waals surface area contributed by atoms with Gasteiger partial charge in [0.2, 0.25) is 6.79 Å². The van der Waals surface area contributed by atoms with Crippen molar-refractivity contribution in [2.75, 3.05) is 12.1 Å². The predicted molar refractivity (Wildman–Crippen MR) is 105 cm³/mol. The van der Waals surface area contributed by atoms with Gasteiger partial charge in [0.25, 0.3) is 11.5 Å². The molecule has 29 heavy (non-hydrogen) atoms. The SMILES string of the molecule is CC(=O)c1cc2c(cc1NC(=O)c1ccc(=O)n(Cc3ccccc3)n1)OCO2. The molecule has 1 N–H and O–H groups in total. The van der Waals surface area contributed by atoms with Crippen LogP contribution in [0.4, 0.5) is 5.69 Å². The molecule has 0 fully saturated rings. The number of hydrogen-bond acceptors (Lipinski definition) is 6. The fourth-order valence-corrected chi connectivity index (χ4v) is 2.96. The Morgan fingerprint density at radius 1 is 1.07 bits per heavy atom. The summed E-state index contributed by atoms with van der Waals surface area (Å²) in [5.41, 5.74) is 1.19. The van der Waals surface area contributed by atoms with Gasteiger partial charge in [-0.15, -0.1) is 0 Å². The van der Waals surface area contributed by atoms with Gasteiger partial charge in [-0.3, -0.25) is 14.4 Å². The highest BCUT2D eigenvalue weighted by Crippen LogP contribution is 2.37. The Hall–Kier alpha value is -3.94. The zero-order valence-electron chi connectivity index (χ0n) is 15.5. The summed E-state index contributed by atoms with van der Waals surface area (Å²) in [5, 5.41) is 6.84. The Morgan fingerprint density at radius 3 is 2.52 bits per heavy atom. The zero-order valence-corrected chi connectivity index (χ0v) is 15.5. The first kappa shape index (κ1) is 18.4. The summed E-state index contributed by atoms with van der Waals surface area (Å²) in [6.45, 7) is 1.69. The molecule has 0 unspecified atom stereocenters. The van der Waals surface area contributed by atoms with Gasteiger partial charge in [0.1, 0.15) is 5.69 Å². The normalized spacial score (nSPS) is 11.9. The van der Waals surface area contributed by atoms with Crippen LogP contribution in [0.1, 0.15) is 33.3 Å². The maximum atomic E-state index is 12.7. The van der Waals surface area contributed by atoms with E-state index in [4.69, 9.17) is 9.47 Å². The van der Waals surface area contributed by atoms with Gasteiger partial charge in [-0.1, -0.05) is 30.3 Å². The number of ketones is 1. The van der Waals surface area contributed by atoms with E-state index < -0.39 is 5.91 Å². The number of hydrogen-bond donors (Lipinski definition) is 1. The largest absolute Gasteiger partial charge is 0.454 e. The standard InChI is InChI=1S/C21H17N3O5/c1-13(25)15-9-18-19(29-12-28-18)10-17(15)22-21(27)16-7-8-20(26)24(23-16)11-14-5-3-2-4-6-14/h2-10H,11-12H2,1H3,(H,22,27). The molecule has 1 aliphatic heterocycles. The minimum atomic E-state index is -0.548. The van der Waals surface area contributed by atoms with Crippen LogP contribution < -0.4 is 20.3 Å². The van der Waals surface area contributed by atoms with Crippen molar-refractivity contribution in [1.29, 1.82) is 0 Å². The van der Waals surface area contributed by atoms with Gasteiger partial charge >= 0.3 is 0 Å². The summed E-state index contributed by atoms with van der Waals surface area (Å²) in [7, 11) is 0. The van der Waals surface area contributed by atoms with Gasteiger partial charge in [0, 0.05) is 17.7 Å². The second kappa shape index (κ2) is 7.59. The van der Waals surface area contributed by atoms with E-state index >= 15 is 0 Å². The molecule has 2 aromatic carbocycles. The summed E-state index contributed by atoms with van der Waals surface area (Å²) in [4.78, 5) is 36.8. The average Bonchev–Trinajstić information content (AvgIpc) is 3.17. The molecule has 1 aromatic heterocycles. The third-order valence-electron chi connectivity index (χ3n) is 4.41. The van der Waals surface area contributed by atoms with Gasteiger partial charge < -0.3 is 14.8 Å². The lowest BCUT2D eigenvalue weighted by atomic mass is 10.1. The Morgan fingerprint density at radius 2 is 1.79 bits per heavy atom. The van der Waals surface area contributed by atoms with E-state index in [-0.39, 0.29) is 36.1 Å². The van der Waals surface area contributed by atoms with E-state index in [1.54, 1.807) is 0 Å². The van der Waals surface area contributed by atoms with E-state index in [2.05, 4.69) is 10.4 Å². The first-order valence-electron chi connectivity index (χ1n) is 8.89. The topological polar surface area (TPSA) is 99.5 Å². The maximum absolute atomic E-state index is 12.7. The minimum Gasteiger partial charge on any atom is -0.454 e. The Labute approximate surface area is 165 Å². The molecule has 8 heteroatoms. The number of fused-ring (bicyclic) bond motifs is 1. The highest BCUT2D eigenvalue weighted by atomic mass is 16.7. The molecule has 3 aromatic rings. The number of Topliss-reactive ketones (excluding diaryl/α,β-unsaturated/α-hetero) is 1. The summed E-state index contributed by atoms with van der Waals surface area (Å²) in [5.74, 6) is 0.101. The summed E-state index contributed by atoms with van der Waals surface area (Å²) in [6, 6.07) is 15.0. The molecular formula is C21H17N3O5.